The molecule has 0 radical (unpaired) electrons. The first-order valence-electron chi connectivity index (χ1n) is 5.36. The molecule has 0 amide bonds. The molecule has 0 aliphatic rings. The van der Waals surface area contributed by atoms with Gasteiger partial charge in [-0.3, -0.25) is 21.0 Å². The number of hydrazone groups is 2. The first kappa shape index (κ1) is 16.4. The number of nitrogens with two attached hydrogens (primary N) is 2. The zero-order chi connectivity index (χ0) is 15.8. The number of hydrogen-bond acceptors (Lipinski definition) is 6. The van der Waals surface area contributed by atoms with Crippen LogP contribution in [0.25, 0.3) is 0 Å². The average Bonchev–Trinajstić information content (AvgIpc) is 2.42. The van der Waals surface area contributed by atoms with Gasteiger partial charge in [0.05, 0.1) is 11.1 Å². The Bertz CT molecular complexity index is 630. The van der Waals surface area contributed by atoms with Crippen LogP contribution in [0.3, 0.4) is 0 Å². The van der Waals surface area contributed by atoms with E-state index in [1.54, 1.807) is 6.07 Å². The normalized spacial score (nSPS) is 11.1. The Morgan fingerprint density at radius 1 is 1.29 bits per heavy atom. The predicted molar refractivity (Wildman–Crippen MR) is 88.0 cm³/mol. The van der Waals surface area contributed by atoms with Crippen LogP contribution in [0.15, 0.2) is 34.5 Å². The van der Waals surface area contributed by atoms with Crippen LogP contribution < -0.4 is 22.3 Å². The second-order valence-corrected chi connectivity index (χ2v) is 4.39. The lowest BCUT2D eigenvalue weighted by Crippen LogP contribution is -2.27. The van der Waals surface area contributed by atoms with Crippen LogP contribution in [0.4, 0.5) is 5.69 Å². The fourth-order valence-electron chi connectivity index (χ4n) is 1.22. The molecule has 0 bridgehead atoms. The Kier molecular flexibility index (Phi) is 6.10. The second kappa shape index (κ2) is 7.81. The molecule has 0 unspecified atom stereocenters. The summed E-state index contributed by atoms with van der Waals surface area (Å²) in [7, 11) is 0. The molecule has 9 nitrogen and oxygen atoms in total. The maximum absolute atomic E-state index is 10.8. The van der Waals surface area contributed by atoms with Gasteiger partial charge in [-0.25, -0.2) is 0 Å². The maximum atomic E-state index is 10.8. The summed E-state index contributed by atoms with van der Waals surface area (Å²) in [6.45, 7) is 0. The fraction of sp³-hybridized carbons (Fsp3) is 0. The summed E-state index contributed by atoms with van der Waals surface area (Å²) in [5.74, 6) is 0. The van der Waals surface area contributed by atoms with Crippen LogP contribution in [-0.4, -0.2) is 27.1 Å². The van der Waals surface area contributed by atoms with Gasteiger partial charge >= 0.3 is 0 Å². The van der Waals surface area contributed by atoms with Gasteiger partial charge in [-0.15, -0.1) is 0 Å². The van der Waals surface area contributed by atoms with Gasteiger partial charge in [0, 0.05) is 17.7 Å². The van der Waals surface area contributed by atoms with E-state index in [1.165, 1.54) is 24.4 Å². The third-order valence-electron chi connectivity index (χ3n) is 2.00. The molecule has 0 spiro atoms. The molecule has 0 saturated heterocycles. The number of nitrogens with zero attached hydrogens (tertiary/aromatic N) is 3. The van der Waals surface area contributed by atoms with Crippen LogP contribution >= 0.6 is 24.4 Å². The Morgan fingerprint density at radius 3 is 2.52 bits per heavy atom. The fourth-order valence-corrected chi connectivity index (χ4v) is 1.32. The van der Waals surface area contributed by atoms with Crippen molar-refractivity contribution in [3.63, 3.8) is 0 Å². The first-order chi connectivity index (χ1) is 9.90. The number of benzene rings is 1. The van der Waals surface area contributed by atoms with E-state index in [0.29, 0.717) is 5.56 Å². The number of hydrogen-bond donors (Lipinski definition) is 4. The third kappa shape index (κ3) is 5.88. The maximum Gasteiger partial charge on any atom is 0.270 e. The summed E-state index contributed by atoms with van der Waals surface area (Å²) < 4.78 is 0. The minimum absolute atomic E-state index is 0.0352. The highest BCUT2D eigenvalue weighted by molar-refractivity contribution is 7.80. The third-order valence-corrected chi connectivity index (χ3v) is 2.18. The van der Waals surface area contributed by atoms with Crippen molar-refractivity contribution in [2.24, 2.45) is 21.7 Å². The van der Waals surface area contributed by atoms with E-state index in [4.69, 9.17) is 11.5 Å². The topological polar surface area (TPSA) is 144 Å². The number of nitrogens with one attached hydrogen (secondary N) is 2. The van der Waals surface area contributed by atoms with E-state index in [1.807, 2.05) is 0 Å². The van der Waals surface area contributed by atoms with E-state index in [-0.39, 0.29) is 21.6 Å². The molecule has 6 N–H and O–H groups in total. The largest absolute Gasteiger partial charge is 0.375 e. The molecular weight excluding hydrogens is 314 g/mol. The van der Waals surface area contributed by atoms with Crippen molar-refractivity contribution in [1.29, 1.82) is 0 Å². The SMILES string of the molecule is NC(=S)NN=CC(=NNC(N)=S)c1cccc([N+](=O)[O-])c1. The number of nitro groups is 1. The minimum Gasteiger partial charge on any atom is -0.375 e. The number of non-ortho nitro benzene ring substituents is 1. The Labute approximate surface area is 130 Å². The lowest BCUT2D eigenvalue weighted by Gasteiger charge is -2.03. The van der Waals surface area contributed by atoms with Gasteiger partial charge in [0.2, 0.25) is 0 Å². The highest BCUT2D eigenvalue weighted by atomic mass is 32.1. The Morgan fingerprint density at radius 2 is 1.95 bits per heavy atom. The van der Waals surface area contributed by atoms with E-state index in [0.717, 1.165) is 0 Å². The molecule has 110 valence electrons. The second-order valence-electron chi connectivity index (χ2n) is 3.51. The lowest BCUT2D eigenvalue weighted by molar-refractivity contribution is -0.384. The van der Waals surface area contributed by atoms with E-state index in [9.17, 15) is 10.1 Å². The number of rotatable bonds is 5. The van der Waals surface area contributed by atoms with Crippen molar-refractivity contribution in [3.05, 3.63) is 39.9 Å². The van der Waals surface area contributed by atoms with Gasteiger partial charge in [0.1, 0.15) is 5.71 Å². The summed E-state index contributed by atoms with van der Waals surface area (Å²) in [4.78, 5) is 10.3. The number of thiocarbonyl (C=S) groups is 2. The van der Waals surface area contributed by atoms with Crippen molar-refractivity contribution < 1.29 is 4.92 Å². The summed E-state index contributed by atoms with van der Waals surface area (Å²) in [5, 5.41) is 18.3. The highest BCUT2D eigenvalue weighted by Crippen LogP contribution is 2.13. The molecule has 0 aliphatic heterocycles. The molecule has 0 fully saturated rings. The van der Waals surface area contributed by atoms with E-state index in [2.05, 4.69) is 45.5 Å². The molecule has 1 rings (SSSR count). The summed E-state index contributed by atoms with van der Waals surface area (Å²) in [6, 6.07) is 5.80. The van der Waals surface area contributed by atoms with Gasteiger partial charge in [0.15, 0.2) is 10.2 Å². The zero-order valence-corrected chi connectivity index (χ0v) is 12.1. The Hall–Kier alpha value is -2.66. The summed E-state index contributed by atoms with van der Waals surface area (Å²) >= 11 is 9.23. The standard InChI is InChI=1S/C10H11N7O2S2/c11-9(20)15-13-5-8(14-16-10(12)21)6-2-1-3-7(4-6)17(18)19/h1-5H,(H3,11,15,20)(H3,12,16,21). The van der Waals surface area contributed by atoms with Crippen molar-refractivity contribution in [2.45, 2.75) is 0 Å². The van der Waals surface area contributed by atoms with Crippen molar-refractivity contribution in [2.75, 3.05) is 0 Å². The van der Waals surface area contributed by atoms with E-state index < -0.39 is 4.92 Å². The molecule has 1 aromatic rings. The van der Waals surface area contributed by atoms with Crippen molar-refractivity contribution in [1.82, 2.24) is 10.9 Å². The summed E-state index contributed by atoms with van der Waals surface area (Å²) in [5.41, 5.74) is 15.8. The smallest absolute Gasteiger partial charge is 0.270 e. The van der Waals surface area contributed by atoms with Crippen molar-refractivity contribution in [3.8, 4) is 0 Å². The van der Waals surface area contributed by atoms with Crippen molar-refractivity contribution >= 4 is 52.3 Å². The van der Waals surface area contributed by atoms with Crippen LogP contribution in [0.5, 0.6) is 0 Å². The lowest BCUT2D eigenvalue weighted by atomic mass is 10.1. The highest BCUT2D eigenvalue weighted by Gasteiger charge is 2.09. The quantitative estimate of drug-likeness (QED) is 0.255. The van der Waals surface area contributed by atoms with Gasteiger partial charge in [-0.1, -0.05) is 12.1 Å². The zero-order valence-electron chi connectivity index (χ0n) is 10.5. The first-order valence-corrected chi connectivity index (χ1v) is 6.18. The van der Waals surface area contributed by atoms with Crippen LogP contribution in [0, 0.1) is 10.1 Å². The Balaban J connectivity index is 3.10. The van der Waals surface area contributed by atoms with Crippen LogP contribution in [0.2, 0.25) is 0 Å². The van der Waals surface area contributed by atoms with Crippen LogP contribution in [0.1, 0.15) is 5.56 Å². The molecular formula is C10H11N7O2S2. The molecule has 11 heteroatoms. The minimum atomic E-state index is -0.521. The molecule has 1 aromatic carbocycles. The van der Waals surface area contributed by atoms with Crippen LogP contribution in [-0.2, 0) is 0 Å². The van der Waals surface area contributed by atoms with Gasteiger partial charge in [-0.2, -0.15) is 10.2 Å². The molecule has 0 atom stereocenters. The molecule has 0 heterocycles. The predicted octanol–water partition coefficient (Wildman–Crippen LogP) is -0.0489. The average molecular weight is 325 g/mol. The van der Waals surface area contributed by atoms with E-state index >= 15 is 0 Å². The van der Waals surface area contributed by atoms with Gasteiger partial charge in [0.25, 0.3) is 5.69 Å². The monoisotopic (exact) mass is 325 g/mol. The summed E-state index contributed by atoms with van der Waals surface area (Å²) in [6.07, 6.45) is 1.27. The van der Waals surface area contributed by atoms with Gasteiger partial charge in [-0.05, 0) is 24.4 Å². The van der Waals surface area contributed by atoms with Gasteiger partial charge < -0.3 is 11.5 Å². The molecule has 21 heavy (non-hydrogen) atoms. The molecule has 0 saturated carbocycles. The molecule has 0 aromatic heterocycles. The molecule has 0 aliphatic carbocycles. The number of nitro benzene ring substituents is 1.